The molecule has 0 spiro atoms. The second-order valence-corrected chi connectivity index (χ2v) is 6.53. The number of hydrogen-bond acceptors (Lipinski definition) is 4. The Balaban J connectivity index is 2.97. The van der Waals surface area contributed by atoms with Crippen LogP contribution in [-0.4, -0.2) is 26.9 Å². The van der Waals surface area contributed by atoms with Crippen LogP contribution in [0.4, 0.5) is 10.1 Å². The number of nitrogen functional groups attached to an aromatic ring is 1. The fourth-order valence-corrected chi connectivity index (χ4v) is 3.25. The van der Waals surface area contributed by atoms with Gasteiger partial charge < -0.3 is 11.1 Å². The van der Waals surface area contributed by atoms with Gasteiger partial charge in [0.15, 0.2) is 0 Å². The van der Waals surface area contributed by atoms with E-state index in [0.717, 1.165) is 18.6 Å². The fraction of sp³-hybridized carbons (Fsp3) is 0.417. The number of nitrogens with two attached hydrogens (primary N) is 1. The van der Waals surface area contributed by atoms with Crippen molar-refractivity contribution < 1.29 is 17.6 Å². The summed E-state index contributed by atoms with van der Waals surface area (Å²) < 4.78 is 39.7. The predicted molar refractivity (Wildman–Crippen MR) is 78.9 cm³/mol. The average molecular weight is 338 g/mol. The van der Waals surface area contributed by atoms with Crippen molar-refractivity contribution in [2.75, 3.05) is 12.3 Å². The Morgan fingerprint density at radius 3 is 2.67 bits per heavy atom. The van der Waals surface area contributed by atoms with Crippen LogP contribution >= 0.6 is 11.6 Å². The molecule has 0 fully saturated rings. The van der Waals surface area contributed by atoms with Crippen LogP contribution in [0.2, 0.25) is 5.02 Å². The van der Waals surface area contributed by atoms with Gasteiger partial charge in [0, 0.05) is 6.54 Å². The molecular weight excluding hydrogens is 321 g/mol. The van der Waals surface area contributed by atoms with Gasteiger partial charge in [-0.2, -0.15) is 4.72 Å². The standard InChI is InChI=1S/C12H17ClFN3O3S/c1-3-4-16-12(18)7(2)17-21(19,20)11-6-10(15)9(14)5-8(11)13/h5-7,17H,3-4,15H2,1-2H3,(H,16,18). The molecule has 4 N–H and O–H groups in total. The summed E-state index contributed by atoms with van der Waals surface area (Å²) in [5.41, 5.74) is 4.99. The summed E-state index contributed by atoms with van der Waals surface area (Å²) >= 11 is 5.72. The van der Waals surface area contributed by atoms with Crippen molar-refractivity contribution in [2.45, 2.75) is 31.2 Å². The van der Waals surface area contributed by atoms with E-state index in [9.17, 15) is 17.6 Å². The maximum absolute atomic E-state index is 13.2. The van der Waals surface area contributed by atoms with Crippen LogP contribution in [0.15, 0.2) is 17.0 Å². The Labute approximate surface area is 127 Å². The van der Waals surface area contributed by atoms with Gasteiger partial charge in [-0.05, 0) is 25.5 Å². The maximum atomic E-state index is 13.2. The van der Waals surface area contributed by atoms with Gasteiger partial charge in [-0.3, -0.25) is 4.79 Å². The third-order valence-corrected chi connectivity index (χ3v) is 4.62. The Kier molecular flexibility index (Phi) is 5.94. The van der Waals surface area contributed by atoms with Crippen molar-refractivity contribution in [2.24, 2.45) is 0 Å². The Morgan fingerprint density at radius 2 is 2.10 bits per heavy atom. The number of carbonyl (C=O) groups is 1. The Hall–Kier alpha value is -1.38. The average Bonchev–Trinajstić information content (AvgIpc) is 2.39. The van der Waals surface area contributed by atoms with Crippen molar-refractivity contribution in [1.29, 1.82) is 0 Å². The molecule has 1 rings (SSSR count). The predicted octanol–water partition coefficient (Wildman–Crippen LogP) is 1.25. The molecule has 0 saturated heterocycles. The van der Waals surface area contributed by atoms with E-state index in [-0.39, 0.29) is 15.6 Å². The molecule has 0 aliphatic carbocycles. The smallest absolute Gasteiger partial charge is 0.242 e. The monoisotopic (exact) mass is 337 g/mol. The van der Waals surface area contributed by atoms with Gasteiger partial charge in [0.1, 0.15) is 10.7 Å². The summed E-state index contributed by atoms with van der Waals surface area (Å²) in [6, 6.07) is 0.730. The first-order valence-corrected chi connectivity index (χ1v) is 8.09. The highest BCUT2D eigenvalue weighted by Gasteiger charge is 2.25. The van der Waals surface area contributed by atoms with E-state index in [4.69, 9.17) is 17.3 Å². The van der Waals surface area contributed by atoms with Gasteiger partial charge in [0.05, 0.1) is 16.8 Å². The molecule has 1 amide bonds. The van der Waals surface area contributed by atoms with Crippen LogP contribution in [-0.2, 0) is 14.8 Å². The fourth-order valence-electron chi connectivity index (χ4n) is 1.50. The van der Waals surface area contributed by atoms with Crippen LogP contribution < -0.4 is 15.8 Å². The zero-order valence-electron chi connectivity index (χ0n) is 11.6. The van der Waals surface area contributed by atoms with Crippen molar-refractivity contribution in [3.63, 3.8) is 0 Å². The first kappa shape index (κ1) is 17.7. The van der Waals surface area contributed by atoms with E-state index >= 15 is 0 Å². The molecule has 0 radical (unpaired) electrons. The molecule has 21 heavy (non-hydrogen) atoms. The normalized spacial score (nSPS) is 13.0. The number of nitrogens with one attached hydrogen (secondary N) is 2. The molecule has 1 aromatic carbocycles. The summed E-state index contributed by atoms with van der Waals surface area (Å²) in [5.74, 6) is -1.28. The lowest BCUT2D eigenvalue weighted by molar-refractivity contribution is -0.122. The maximum Gasteiger partial charge on any atom is 0.242 e. The van der Waals surface area contributed by atoms with Gasteiger partial charge >= 0.3 is 0 Å². The van der Waals surface area contributed by atoms with Gasteiger partial charge in [-0.15, -0.1) is 0 Å². The summed E-state index contributed by atoms with van der Waals surface area (Å²) in [6.07, 6.45) is 0.728. The number of carbonyl (C=O) groups excluding carboxylic acids is 1. The van der Waals surface area contributed by atoms with Crippen LogP contribution in [0.25, 0.3) is 0 Å². The molecule has 0 saturated carbocycles. The van der Waals surface area contributed by atoms with Crippen LogP contribution in [0.1, 0.15) is 20.3 Å². The van der Waals surface area contributed by atoms with Gasteiger partial charge in [-0.1, -0.05) is 18.5 Å². The van der Waals surface area contributed by atoms with Gasteiger partial charge in [0.2, 0.25) is 15.9 Å². The van der Waals surface area contributed by atoms with Gasteiger partial charge in [0.25, 0.3) is 0 Å². The first-order valence-electron chi connectivity index (χ1n) is 6.23. The van der Waals surface area contributed by atoms with Crippen molar-refractivity contribution >= 4 is 33.2 Å². The quantitative estimate of drug-likeness (QED) is 0.680. The molecule has 0 aromatic heterocycles. The van der Waals surface area contributed by atoms with E-state index in [2.05, 4.69) is 10.0 Å². The third-order valence-electron chi connectivity index (χ3n) is 2.62. The molecule has 9 heteroatoms. The molecule has 1 atom stereocenters. The number of amides is 1. The molecule has 0 heterocycles. The highest BCUT2D eigenvalue weighted by atomic mass is 35.5. The van der Waals surface area contributed by atoms with E-state index in [1.165, 1.54) is 6.92 Å². The number of halogens is 2. The zero-order chi connectivity index (χ0) is 16.2. The molecule has 0 aliphatic rings. The minimum atomic E-state index is -4.09. The lowest BCUT2D eigenvalue weighted by Crippen LogP contribution is -2.44. The van der Waals surface area contributed by atoms with Crippen molar-refractivity contribution in [3.8, 4) is 0 Å². The summed E-state index contributed by atoms with van der Waals surface area (Å²) in [5, 5.41) is 2.25. The summed E-state index contributed by atoms with van der Waals surface area (Å²) in [4.78, 5) is 11.3. The van der Waals surface area contributed by atoms with E-state index < -0.39 is 27.8 Å². The molecule has 0 bridgehead atoms. The molecule has 1 unspecified atom stereocenters. The van der Waals surface area contributed by atoms with Crippen molar-refractivity contribution in [1.82, 2.24) is 10.0 Å². The van der Waals surface area contributed by atoms with E-state index in [1.54, 1.807) is 0 Å². The Morgan fingerprint density at radius 1 is 1.48 bits per heavy atom. The minimum absolute atomic E-state index is 0.310. The summed E-state index contributed by atoms with van der Waals surface area (Å²) in [6.45, 7) is 3.70. The van der Waals surface area contributed by atoms with E-state index in [0.29, 0.717) is 6.54 Å². The minimum Gasteiger partial charge on any atom is -0.396 e. The topological polar surface area (TPSA) is 101 Å². The lowest BCUT2D eigenvalue weighted by Gasteiger charge is -2.15. The van der Waals surface area contributed by atoms with Crippen LogP contribution in [0, 0.1) is 5.82 Å². The third kappa shape index (κ3) is 4.55. The largest absolute Gasteiger partial charge is 0.396 e. The SMILES string of the molecule is CCCNC(=O)C(C)NS(=O)(=O)c1cc(N)c(F)cc1Cl. The highest BCUT2D eigenvalue weighted by Crippen LogP contribution is 2.26. The molecule has 1 aromatic rings. The number of hydrogen-bond donors (Lipinski definition) is 3. The Bertz CT molecular complexity index is 637. The number of benzene rings is 1. The zero-order valence-corrected chi connectivity index (χ0v) is 13.2. The lowest BCUT2D eigenvalue weighted by atomic mass is 10.3. The molecular formula is C12H17ClFN3O3S. The van der Waals surface area contributed by atoms with E-state index in [1.807, 2.05) is 6.92 Å². The second kappa shape index (κ2) is 7.06. The second-order valence-electron chi connectivity index (χ2n) is 4.44. The molecule has 6 nitrogen and oxygen atoms in total. The van der Waals surface area contributed by atoms with Gasteiger partial charge in [-0.25, -0.2) is 12.8 Å². The number of rotatable bonds is 6. The molecule has 118 valence electrons. The molecule has 0 aliphatic heterocycles. The van der Waals surface area contributed by atoms with Crippen LogP contribution in [0.5, 0.6) is 0 Å². The number of sulfonamides is 1. The van der Waals surface area contributed by atoms with Crippen molar-refractivity contribution in [3.05, 3.63) is 23.0 Å². The first-order chi connectivity index (χ1) is 9.69. The highest BCUT2D eigenvalue weighted by molar-refractivity contribution is 7.89. The summed E-state index contributed by atoms with van der Waals surface area (Å²) in [7, 11) is -4.09. The number of anilines is 1. The van der Waals surface area contributed by atoms with Crippen LogP contribution in [0.3, 0.4) is 0 Å².